The number of amides is 1. The second-order valence-corrected chi connectivity index (χ2v) is 5.37. The monoisotopic (exact) mass is 242 g/mol. The predicted octanol–water partition coefficient (Wildman–Crippen LogP) is 1.17. The minimum atomic E-state index is -0.0791. The van der Waals surface area contributed by atoms with Gasteiger partial charge in [0.25, 0.3) is 0 Å². The van der Waals surface area contributed by atoms with Crippen LogP contribution in [-0.2, 0) is 4.79 Å². The summed E-state index contributed by atoms with van der Waals surface area (Å²) in [6.07, 6.45) is 6.80. The van der Waals surface area contributed by atoms with Gasteiger partial charge in [-0.3, -0.25) is 4.79 Å². The lowest BCUT2D eigenvalue weighted by Crippen LogP contribution is -2.42. The van der Waals surface area contributed by atoms with Gasteiger partial charge in [0, 0.05) is 24.4 Å². The summed E-state index contributed by atoms with van der Waals surface area (Å²) in [5.74, 6) is 0.0118. The van der Waals surface area contributed by atoms with Crippen LogP contribution in [0.4, 0.5) is 0 Å². The Morgan fingerprint density at radius 3 is 2.59 bits per heavy atom. The molecule has 0 spiro atoms. The second kappa shape index (κ2) is 6.97. The Hall–Kier alpha value is -0.610. The highest BCUT2D eigenvalue weighted by molar-refractivity contribution is 5.76. The molecule has 0 aromatic heterocycles. The summed E-state index contributed by atoms with van der Waals surface area (Å²) in [4.78, 5) is 11.6. The topological polar surface area (TPSA) is 75.4 Å². The van der Waals surface area contributed by atoms with E-state index in [4.69, 9.17) is 5.73 Å². The van der Waals surface area contributed by atoms with Crippen molar-refractivity contribution in [2.24, 2.45) is 11.1 Å². The fraction of sp³-hybridized carbons (Fsp3) is 0.923. The lowest BCUT2D eigenvalue weighted by atomic mass is 9.74. The van der Waals surface area contributed by atoms with E-state index < -0.39 is 0 Å². The van der Waals surface area contributed by atoms with E-state index in [1.807, 2.05) is 6.92 Å². The molecule has 0 aromatic carbocycles. The summed E-state index contributed by atoms with van der Waals surface area (Å²) in [6.45, 7) is 2.75. The Balaban J connectivity index is 2.34. The maximum Gasteiger partial charge on any atom is 0.221 e. The van der Waals surface area contributed by atoms with Crippen LogP contribution in [-0.4, -0.2) is 30.2 Å². The van der Waals surface area contributed by atoms with Gasteiger partial charge in [0.2, 0.25) is 5.91 Å². The Morgan fingerprint density at radius 2 is 2.06 bits per heavy atom. The molecule has 1 aliphatic carbocycles. The van der Waals surface area contributed by atoms with Crippen LogP contribution in [0.15, 0.2) is 0 Å². The zero-order valence-electron chi connectivity index (χ0n) is 10.9. The second-order valence-electron chi connectivity index (χ2n) is 5.37. The average molecular weight is 242 g/mol. The van der Waals surface area contributed by atoms with Crippen molar-refractivity contribution < 1.29 is 9.90 Å². The van der Waals surface area contributed by atoms with Crippen molar-refractivity contribution in [3.63, 3.8) is 0 Å². The SMILES string of the molecule is CCC(N)CC(=O)NCC1(CO)CCCCC1. The molecule has 1 rings (SSSR count). The third kappa shape index (κ3) is 4.64. The van der Waals surface area contributed by atoms with Gasteiger partial charge in [-0.1, -0.05) is 26.2 Å². The molecule has 4 nitrogen and oxygen atoms in total. The maximum absolute atomic E-state index is 11.6. The summed E-state index contributed by atoms with van der Waals surface area (Å²) in [5.41, 5.74) is 5.66. The Labute approximate surface area is 104 Å². The molecule has 0 aromatic rings. The van der Waals surface area contributed by atoms with E-state index in [0.29, 0.717) is 13.0 Å². The minimum Gasteiger partial charge on any atom is -0.396 e. The van der Waals surface area contributed by atoms with Gasteiger partial charge in [0.15, 0.2) is 0 Å². The number of nitrogens with two attached hydrogens (primary N) is 1. The molecule has 1 atom stereocenters. The molecule has 0 radical (unpaired) electrons. The number of carbonyl (C=O) groups excluding carboxylic acids is 1. The quantitative estimate of drug-likeness (QED) is 0.654. The zero-order chi connectivity index (χ0) is 12.7. The van der Waals surface area contributed by atoms with Gasteiger partial charge in [-0.15, -0.1) is 0 Å². The molecule has 17 heavy (non-hydrogen) atoms. The largest absolute Gasteiger partial charge is 0.396 e. The predicted molar refractivity (Wildman–Crippen MR) is 68.5 cm³/mol. The van der Waals surface area contributed by atoms with Crippen LogP contribution in [0.1, 0.15) is 51.9 Å². The molecular formula is C13H26N2O2. The summed E-state index contributed by atoms with van der Waals surface area (Å²) < 4.78 is 0. The van der Waals surface area contributed by atoms with Gasteiger partial charge in [0.05, 0.1) is 6.61 Å². The molecule has 1 aliphatic rings. The third-order valence-corrected chi connectivity index (χ3v) is 3.88. The Bertz CT molecular complexity index is 238. The van der Waals surface area contributed by atoms with Crippen LogP contribution in [0.5, 0.6) is 0 Å². The number of hydrogen-bond donors (Lipinski definition) is 3. The molecule has 1 unspecified atom stereocenters. The van der Waals surface area contributed by atoms with E-state index in [2.05, 4.69) is 5.32 Å². The molecule has 0 bridgehead atoms. The van der Waals surface area contributed by atoms with Crippen molar-refractivity contribution in [3.05, 3.63) is 0 Å². The summed E-state index contributed by atoms with van der Waals surface area (Å²) in [5, 5.41) is 12.4. The molecule has 0 aliphatic heterocycles. The van der Waals surface area contributed by atoms with Crippen molar-refractivity contribution in [1.29, 1.82) is 0 Å². The van der Waals surface area contributed by atoms with Gasteiger partial charge >= 0.3 is 0 Å². The highest BCUT2D eigenvalue weighted by Gasteiger charge is 2.31. The van der Waals surface area contributed by atoms with Gasteiger partial charge in [0.1, 0.15) is 0 Å². The number of aliphatic hydroxyl groups excluding tert-OH is 1. The first kappa shape index (κ1) is 14.5. The van der Waals surface area contributed by atoms with Crippen molar-refractivity contribution in [3.8, 4) is 0 Å². The van der Waals surface area contributed by atoms with Crippen LogP contribution < -0.4 is 11.1 Å². The van der Waals surface area contributed by atoms with Gasteiger partial charge in [-0.25, -0.2) is 0 Å². The minimum absolute atomic E-state index is 0.0118. The van der Waals surface area contributed by atoms with Crippen LogP contribution in [0.3, 0.4) is 0 Å². The van der Waals surface area contributed by atoms with Crippen LogP contribution in [0.25, 0.3) is 0 Å². The Morgan fingerprint density at radius 1 is 1.41 bits per heavy atom. The Kier molecular flexibility index (Phi) is 5.92. The van der Waals surface area contributed by atoms with Crippen molar-refractivity contribution >= 4 is 5.91 Å². The molecule has 0 heterocycles. The normalized spacial score (nSPS) is 20.9. The summed E-state index contributed by atoms with van der Waals surface area (Å²) in [7, 11) is 0. The smallest absolute Gasteiger partial charge is 0.221 e. The summed E-state index contributed by atoms with van der Waals surface area (Å²) in [6, 6.07) is -0.0496. The van der Waals surface area contributed by atoms with Crippen LogP contribution in [0.2, 0.25) is 0 Å². The molecule has 4 heteroatoms. The molecule has 1 amide bonds. The fourth-order valence-electron chi connectivity index (χ4n) is 2.43. The number of carbonyl (C=O) groups is 1. The number of nitrogens with one attached hydrogen (secondary N) is 1. The zero-order valence-corrected chi connectivity index (χ0v) is 10.9. The number of rotatable bonds is 6. The lowest BCUT2D eigenvalue weighted by molar-refractivity contribution is -0.122. The average Bonchev–Trinajstić information content (AvgIpc) is 2.37. The van der Waals surface area contributed by atoms with Gasteiger partial charge in [-0.2, -0.15) is 0 Å². The molecule has 1 fully saturated rings. The first-order chi connectivity index (χ1) is 8.12. The molecule has 0 saturated heterocycles. The van der Waals surface area contributed by atoms with Crippen molar-refractivity contribution in [2.75, 3.05) is 13.2 Å². The van der Waals surface area contributed by atoms with E-state index in [-0.39, 0.29) is 24.0 Å². The van der Waals surface area contributed by atoms with Crippen LogP contribution in [0, 0.1) is 5.41 Å². The van der Waals surface area contributed by atoms with E-state index in [0.717, 1.165) is 32.1 Å². The number of hydrogen-bond acceptors (Lipinski definition) is 3. The third-order valence-electron chi connectivity index (χ3n) is 3.88. The van der Waals surface area contributed by atoms with E-state index in [1.54, 1.807) is 0 Å². The van der Waals surface area contributed by atoms with Gasteiger partial charge in [-0.05, 0) is 19.3 Å². The summed E-state index contributed by atoms with van der Waals surface area (Å²) >= 11 is 0. The van der Waals surface area contributed by atoms with Gasteiger partial charge < -0.3 is 16.2 Å². The fourth-order valence-corrected chi connectivity index (χ4v) is 2.43. The molecule has 4 N–H and O–H groups in total. The lowest BCUT2D eigenvalue weighted by Gasteiger charge is -2.35. The van der Waals surface area contributed by atoms with E-state index in [9.17, 15) is 9.90 Å². The van der Waals surface area contributed by atoms with Crippen molar-refractivity contribution in [2.45, 2.75) is 57.9 Å². The maximum atomic E-state index is 11.6. The standard InChI is InChI=1S/C13H26N2O2/c1-2-11(14)8-12(17)15-9-13(10-16)6-4-3-5-7-13/h11,16H,2-10,14H2,1H3,(H,15,17). The highest BCUT2D eigenvalue weighted by Crippen LogP contribution is 2.35. The molecule has 1 saturated carbocycles. The number of aliphatic hydroxyl groups is 1. The van der Waals surface area contributed by atoms with E-state index >= 15 is 0 Å². The van der Waals surface area contributed by atoms with Crippen molar-refractivity contribution in [1.82, 2.24) is 5.32 Å². The van der Waals surface area contributed by atoms with E-state index in [1.165, 1.54) is 6.42 Å². The van der Waals surface area contributed by atoms with Crippen LogP contribution >= 0.6 is 0 Å². The molecular weight excluding hydrogens is 216 g/mol. The molecule has 100 valence electrons. The first-order valence-corrected chi connectivity index (χ1v) is 6.75. The first-order valence-electron chi connectivity index (χ1n) is 6.75. The highest BCUT2D eigenvalue weighted by atomic mass is 16.3.